The van der Waals surface area contributed by atoms with E-state index in [1.807, 2.05) is 32.0 Å². The molecule has 7 nitrogen and oxygen atoms in total. The predicted molar refractivity (Wildman–Crippen MR) is 123 cm³/mol. The lowest BCUT2D eigenvalue weighted by atomic mass is 9.95. The molecule has 2 aromatic carbocycles. The van der Waals surface area contributed by atoms with Crippen molar-refractivity contribution in [2.45, 2.75) is 32.7 Å². The maximum atomic E-state index is 13.1. The molecule has 0 bridgehead atoms. The van der Waals surface area contributed by atoms with Gasteiger partial charge in [-0.05, 0) is 30.5 Å². The standard InChI is InChI=1S/C24H23N3O4S/c1-3-13-31-17-12-8-11-16(14-17)20-19(21(28)15-9-6-5-7-10-15)22(29)23(30)27(20)24-26-25-18(4-2)32-24/h5-12,14,20,28H,3-4,13H2,1-2H3/b21-19+. The minimum Gasteiger partial charge on any atom is -0.507 e. The molecule has 1 N–H and O–H groups in total. The Morgan fingerprint density at radius 1 is 1.09 bits per heavy atom. The SMILES string of the molecule is CCCOc1cccc(C2/C(=C(\O)c3ccccc3)C(=O)C(=O)N2c2nnc(CC)s2)c1. The molecular weight excluding hydrogens is 426 g/mol. The van der Waals surface area contributed by atoms with Crippen molar-refractivity contribution in [2.24, 2.45) is 0 Å². The molecule has 3 aromatic rings. The van der Waals surface area contributed by atoms with E-state index < -0.39 is 17.7 Å². The molecule has 4 rings (SSSR count). The zero-order chi connectivity index (χ0) is 22.7. The Hall–Kier alpha value is -3.52. The molecule has 1 fully saturated rings. The lowest BCUT2D eigenvalue weighted by Crippen LogP contribution is -2.29. The number of benzene rings is 2. The molecule has 0 saturated carbocycles. The van der Waals surface area contributed by atoms with Crippen LogP contribution in [0.3, 0.4) is 0 Å². The summed E-state index contributed by atoms with van der Waals surface area (Å²) in [6, 6.07) is 15.1. The highest BCUT2D eigenvalue weighted by Crippen LogP contribution is 2.43. The van der Waals surface area contributed by atoms with Gasteiger partial charge in [0.2, 0.25) is 5.13 Å². The maximum absolute atomic E-state index is 13.1. The number of ketones is 1. The average Bonchev–Trinajstić information content (AvgIpc) is 3.40. The molecule has 2 heterocycles. The van der Waals surface area contributed by atoms with Crippen LogP contribution >= 0.6 is 11.3 Å². The molecule has 1 amide bonds. The van der Waals surface area contributed by atoms with Crippen LogP contribution in [0.25, 0.3) is 5.76 Å². The van der Waals surface area contributed by atoms with Crippen molar-refractivity contribution >= 4 is 33.9 Å². The van der Waals surface area contributed by atoms with Crippen molar-refractivity contribution in [1.82, 2.24) is 10.2 Å². The second-order valence-electron chi connectivity index (χ2n) is 7.29. The van der Waals surface area contributed by atoms with Gasteiger partial charge in [-0.25, -0.2) is 0 Å². The van der Waals surface area contributed by atoms with Crippen LogP contribution in [0.4, 0.5) is 5.13 Å². The number of hydrogen-bond acceptors (Lipinski definition) is 7. The largest absolute Gasteiger partial charge is 0.507 e. The van der Waals surface area contributed by atoms with Gasteiger partial charge in [0.05, 0.1) is 18.2 Å². The number of carbonyl (C=O) groups excluding carboxylic acids is 2. The molecule has 0 aliphatic carbocycles. The predicted octanol–water partition coefficient (Wildman–Crippen LogP) is 4.52. The third-order valence-electron chi connectivity index (χ3n) is 5.10. The summed E-state index contributed by atoms with van der Waals surface area (Å²) in [7, 11) is 0. The van der Waals surface area contributed by atoms with Crippen molar-refractivity contribution in [3.63, 3.8) is 0 Å². The summed E-state index contributed by atoms with van der Waals surface area (Å²) in [4.78, 5) is 27.6. The van der Waals surface area contributed by atoms with Crippen molar-refractivity contribution in [3.05, 3.63) is 76.3 Å². The molecule has 32 heavy (non-hydrogen) atoms. The fourth-order valence-corrected chi connectivity index (χ4v) is 4.38. The van der Waals surface area contributed by atoms with Gasteiger partial charge in [-0.2, -0.15) is 0 Å². The van der Waals surface area contributed by atoms with Gasteiger partial charge in [-0.15, -0.1) is 10.2 Å². The van der Waals surface area contributed by atoms with Gasteiger partial charge < -0.3 is 9.84 Å². The molecule has 1 atom stereocenters. The highest BCUT2D eigenvalue weighted by molar-refractivity contribution is 7.15. The molecule has 0 radical (unpaired) electrons. The summed E-state index contributed by atoms with van der Waals surface area (Å²) in [5, 5.41) is 20.4. The number of aliphatic hydroxyl groups is 1. The highest BCUT2D eigenvalue weighted by atomic mass is 32.1. The van der Waals surface area contributed by atoms with E-state index in [-0.39, 0.29) is 11.3 Å². The molecule has 1 aliphatic heterocycles. The summed E-state index contributed by atoms with van der Waals surface area (Å²) in [5.74, 6) is -1.10. The summed E-state index contributed by atoms with van der Waals surface area (Å²) < 4.78 is 5.76. The van der Waals surface area contributed by atoms with Crippen LogP contribution in [0.1, 0.15) is 42.4 Å². The number of ether oxygens (including phenoxy) is 1. The minimum atomic E-state index is -0.849. The number of nitrogens with zero attached hydrogens (tertiary/aromatic N) is 3. The first-order valence-electron chi connectivity index (χ1n) is 10.5. The van der Waals surface area contributed by atoms with E-state index in [1.54, 1.807) is 36.4 Å². The molecular formula is C24H23N3O4S. The van der Waals surface area contributed by atoms with E-state index >= 15 is 0 Å². The Morgan fingerprint density at radius 3 is 2.56 bits per heavy atom. The van der Waals surface area contributed by atoms with Gasteiger partial charge in [-0.1, -0.05) is 67.6 Å². The normalized spacial score (nSPS) is 17.7. The summed E-state index contributed by atoms with van der Waals surface area (Å²) in [6.45, 7) is 4.50. The molecule has 1 unspecified atom stereocenters. The Bertz CT molecular complexity index is 1170. The lowest BCUT2D eigenvalue weighted by Gasteiger charge is -2.23. The number of amides is 1. The fraction of sp³-hybridized carbons (Fsp3) is 0.250. The quantitative estimate of drug-likeness (QED) is 0.324. The van der Waals surface area contributed by atoms with Crippen molar-refractivity contribution in [3.8, 4) is 5.75 Å². The second-order valence-corrected chi connectivity index (χ2v) is 8.33. The Morgan fingerprint density at radius 2 is 1.88 bits per heavy atom. The number of carbonyl (C=O) groups is 2. The van der Waals surface area contributed by atoms with E-state index in [0.717, 1.165) is 11.4 Å². The van der Waals surface area contributed by atoms with Crippen molar-refractivity contribution in [1.29, 1.82) is 0 Å². The van der Waals surface area contributed by atoms with Crippen LogP contribution in [0.5, 0.6) is 5.75 Å². The van der Waals surface area contributed by atoms with E-state index in [2.05, 4.69) is 10.2 Å². The maximum Gasteiger partial charge on any atom is 0.301 e. The van der Waals surface area contributed by atoms with Crippen LogP contribution in [-0.4, -0.2) is 33.6 Å². The van der Waals surface area contributed by atoms with Crippen LogP contribution in [-0.2, 0) is 16.0 Å². The first-order chi connectivity index (χ1) is 15.5. The molecule has 0 spiro atoms. The first kappa shape index (κ1) is 21.7. The summed E-state index contributed by atoms with van der Waals surface area (Å²) in [5.41, 5.74) is 1.12. The lowest BCUT2D eigenvalue weighted by molar-refractivity contribution is -0.132. The van der Waals surface area contributed by atoms with Crippen molar-refractivity contribution < 1.29 is 19.4 Å². The van der Waals surface area contributed by atoms with Gasteiger partial charge in [0.1, 0.15) is 16.5 Å². The average molecular weight is 450 g/mol. The number of Topliss-reactive ketones (excluding diaryl/α,β-unsaturated/α-hetero) is 1. The molecule has 1 aliphatic rings. The van der Waals surface area contributed by atoms with Crippen LogP contribution in [0.2, 0.25) is 0 Å². The molecule has 1 saturated heterocycles. The van der Waals surface area contributed by atoms with Gasteiger partial charge in [0, 0.05) is 5.56 Å². The van der Waals surface area contributed by atoms with Gasteiger partial charge in [-0.3, -0.25) is 14.5 Å². The summed E-state index contributed by atoms with van der Waals surface area (Å²) >= 11 is 1.26. The number of aliphatic hydroxyl groups excluding tert-OH is 1. The van der Waals surface area contributed by atoms with Gasteiger partial charge >= 0.3 is 5.91 Å². The number of anilines is 1. The third kappa shape index (κ3) is 4.01. The second kappa shape index (κ2) is 9.32. The van der Waals surface area contributed by atoms with Gasteiger partial charge in [0.15, 0.2) is 0 Å². The van der Waals surface area contributed by atoms with Crippen LogP contribution < -0.4 is 9.64 Å². The van der Waals surface area contributed by atoms with Gasteiger partial charge in [0.25, 0.3) is 5.78 Å². The monoisotopic (exact) mass is 449 g/mol. The van der Waals surface area contributed by atoms with E-state index in [1.165, 1.54) is 16.2 Å². The highest BCUT2D eigenvalue weighted by Gasteiger charge is 2.48. The smallest absolute Gasteiger partial charge is 0.301 e. The fourth-order valence-electron chi connectivity index (χ4n) is 3.58. The number of aromatic nitrogens is 2. The third-order valence-corrected chi connectivity index (χ3v) is 6.17. The van der Waals surface area contributed by atoms with E-state index in [9.17, 15) is 14.7 Å². The number of rotatable bonds is 7. The Labute approximate surface area is 190 Å². The zero-order valence-corrected chi connectivity index (χ0v) is 18.6. The minimum absolute atomic E-state index is 0.0158. The number of hydrogen-bond donors (Lipinski definition) is 1. The zero-order valence-electron chi connectivity index (χ0n) is 17.8. The number of aryl methyl sites for hydroxylation is 1. The Balaban J connectivity index is 1.89. The molecule has 1 aromatic heterocycles. The van der Waals surface area contributed by atoms with Crippen LogP contribution in [0.15, 0.2) is 60.2 Å². The van der Waals surface area contributed by atoms with Crippen LogP contribution in [0, 0.1) is 0 Å². The topological polar surface area (TPSA) is 92.6 Å². The molecule has 8 heteroatoms. The van der Waals surface area contributed by atoms with E-state index in [4.69, 9.17) is 4.74 Å². The summed E-state index contributed by atoms with van der Waals surface area (Å²) in [6.07, 6.45) is 1.51. The Kier molecular flexibility index (Phi) is 6.32. The van der Waals surface area contributed by atoms with Crippen molar-refractivity contribution in [2.75, 3.05) is 11.5 Å². The first-order valence-corrected chi connectivity index (χ1v) is 11.3. The van der Waals surface area contributed by atoms with E-state index in [0.29, 0.717) is 35.0 Å². The molecule has 164 valence electrons.